The van der Waals surface area contributed by atoms with Crippen LogP contribution in [0, 0.1) is 6.92 Å². The van der Waals surface area contributed by atoms with Crippen molar-refractivity contribution in [3.63, 3.8) is 0 Å². The molecule has 0 aliphatic carbocycles. The first-order chi connectivity index (χ1) is 9.77. The van der Waals surface area contributed by atoms with Gasteiger partial charge in [0.15, 0.2) is 9.84 Å². The lowest BCUT2D eigenvalue weighted by molar-refractivity contribution is 0.602. The molecule has 0 aliphatic heterocycles. The second kappa shape index (κ2) is 6.15. The number of nitrogens with zero attached hydrogens (tertiary/aromatic N) is 1. The zero-order valence-corrected chi connectivity index (χ0v) is 14.5. The minimum Gasteiger partial charge on any atom is -0.377 e. The highest BCUT2D eigenvalue weighted by atomic mass is 79.9. The third kappa shape index (κ3) is 4.04. The standard InChI is InChI=1S/C15H17BrN2O2S/c1-10(17-14-8-9-15(16)18-11(14)2)12-4-6-13(7-5-12)21(3,19)20/h4-10,17H,1-3H3. The molecule has 0 amide bonds. The molecule has 1 heterocycles. The van der Waals surface area contributed by atoms with E-state index in [0.717, 1.165) is 21.5 Å². The van der Waals surface area contributed by atoms with Crippen LogP contribution in [0.3, 0.4) is 0 Å². The first-order valence-corrected chi connectivity index (χ1v) is 9.15. The minimum absolute atomic E-state index is 0.0558. The fourth-order valence-electron chi connectivity index (χ4n) is 2.00. The first kappa shape index (κ1) is 16.0. The van der Waals surface area contributed by atoms with E-state index in [9.17, 15) is 8.42 Å². The summed E-state index contributed by atoms with van der Waals surface area (Å²) in [6.07, 6.45) is 1.21. The Kier molecular flexibility index (Phi) is 4.68. The van der Waals surface area contributed by atoms with E-state index in [4.69, 9.17) is 0 Å². The molecule has 1 atom stereocenters. The van der Waals surface area contributed by atoms with Crippen LogP contribution in [0.1, 0.15) is 24.2 Å². The Labute approximate surface area is 133 Å². The maximum absolute atomic E-state index is 11.5. The van der Waals surface area contributed by atoms with E-state index >= 15 is 0 Å². The molecule has 1 N–H and O–H groups in total. The van der Waals surface area contributed by atoms with Crippen molar-refractivity contribution < 1.29 is 8.42 Å². The number of hydrogen-bond acceptors (Lipinski definition) is 4. The van der Waals surface area contributed by atoms with Crippen molar-refractivity contribution >= 4 is 31.5 Å². The van der Waals surface area contributed by atoms with E-state index in [2.05, 4.69) is 26.2 Å². The van der Waals surface area contributed by atoms with Gasteiger partial charge >= 0.3 is 0 Å². The number of sulfone groups is 1. The van der Waals surface area contributed by atoms with Gasteiger partial charge in [0, 0.05) is 12.3 Å². The normalized spacial score (nSPS) is 13.0. The summed E-state index contributed by atoms with van der Waals surface area (Å²) < 4.78 is 23.7. The molecule has 0 radical (unpaired) electrons. The van der Waals surface area contributed by atoms with E-state index in [1.165, 1.54) is 6.26 Å². The van der Waals surface area contributed by atoms with E-state index in [1.807, 2.05) is 38.1 Å². The SMILES string of the molecule is Cc1nc(Br)ccc1NC(C)c1ccc(S(C)(=O)=O)cc1. The molecule has 0 spiro atoms. The highest BCUT2D eigenvalue weighted by Gasteiger charge is 2.10. The summed E-state index contributed by atoms with van der Waals surface area (Å²) in [5.41, 5.74) is 2.88. The molecule has 112 valence electrons. The Morgan fingerprint density at radius 2 is 1.76 bits per heavy atom. The second-order valence-electron chi connectivity index (χ2n) is 4.97. The molecular weight excluding hydrogens is 352 g/mol. The number of rotatable bonds is 4. The molecule has 2 aromatic rings. The quantitative estimate of drug-likeness (QED) is 0.835. The van der Waals surface area contributed by atoms with Gasteiger partial charge in [-0.25, -0.2) is 13.4 Å². The number of hydrogen-bond donors (Lipinski definition) is 1. The van der Waals surface area contributed by atoms with Crippen molar-refractivity contribution in [2.24, 2.45) is 0 Å². The van der Waals surface area contributed by atoms with E-state index in [-0.39, 0.29) is 6.04 Å². The third-order valence-electron chi connectivity index (χ3n) is 3.23. The van der Waals surface area contributed by atoms with Crippen LogP contribution in [0.2, 0.25) is 0 Å². The lowest BCUT2D eigenvalue weighted by atomic mass is 10.1. The van der Waals surface area contributed by atoms with Crippen LogP contribution in [-0.2, 0) is 9.84 Å². The molecule has 0 bridgehead atoms. The van der Waals surface area contributed by atoms with Crippen molar-refractivity contribution in [1.29, 1.82) is 0 Å². The summed E-state index contributed by atoms with van der Waals surface area (Å²) in [6, 6.07) is 10.8. The van der Waals surface area contributed by atoms with Crippen molar-refractivity contribution in [1.82, 2.24) is 4.98 Å². The maximum atomic E-state index is 11.5. The summed E-state index contributed by atoms with van der Waals surface area (Å²) in [7, 11) is -3.15. The Morgan fingerprint density at radius 3 is 2.29 bits per heavy atom. The van der Waals surface area contributed by atoms with Crippen LogP contribution in [0.5, 0.6) is 0 Å². The van der Waals surface area contributed by atoms with Gasteiger partial charge in [-0.15, -0.1) is 0 Å². The van der Waals surface area contributed by atoms with E-state index in [1.54, 1.807) is 12.1 Å². The average Bonchev–Trinajstić information content (AvgIpc) is 2.41. The van der Waals surface area contributed by atoms with E-state index < -0.39 is 9.84 Å². The largest absolute Gasteiger partial charge is 0.377 e. The van der Waals surface area contributed by atoms with Crippen molar-refractivity contribution in [3.05, 3.63) is 52.3 Å². The average molecular weight is 369 g/mol. The topological polar surface area (TPSA) is 59.1 Å². The minimum atomic E-state index is -3.15. The first-order valence-electron chi connectivity index (χ1n) is 6.47. The molecule has 0 fully saturated rings. The zero-order chi connectivity index (χ0) is 15.6. The van der Waals surface area contributed by atoms with Crippen molar-refractivity contribution in [2.45, 2.75) is 24.8 Å². The van der Waals surface area contributed by atoms with Gasteiger partial charge in [-0.1, -0.05) is 12.1 Å². The van der Waals surface area contributed by atoms with Gasteiger partial charge in [0.05, 0.1) is 16.3 Å². The van der Waals surface area contributed by atoms with Gasteiger partial charge in [0.25, 0.3) is 0 Å². The molecule has 21 heavy (non-hydrogen) atoms. The van der Waals surface area contributed by atoms with Crippen molar-refractivity contribution in [3.8, 4) is 0 Å². The smallest absolute Gasteiger partial charge is 0.175 e. The third-order valence-corrected chi connectivity index (χ3v) is 4.80. The second-order valence-corrected chi connectivity index (χ2v) is 7.80. The number of pyridine rings is 1. The van der Waals surface area contributed by atoms with Gasteiger partial charge in [0.1, 0.15) is 4.60 Å². The van der Waals surface area contributed by atoms with Gasteiger partial charge in [-0.3, -0.25) is 0 Å². The predicted octanol–water partition coefficient (Wildman–Crippen LogP) is 3.73. The van der Waals surface area contributed by atoms with E-state index in [0.29, 0.717) is 4.90 Å². The molecule has 1 aromatic carbocycles. The maximum Gasteiger partial charge on any atom is 0.175 e. The Morgan fingerprint density at radius 1 is 1.14 bits per heavy atom. The van der Waals surface area contributed by atoms with Crippen LogP contribution >= 0.6 is 15.9 Å². The Hall–Kier alpha value is -1.40. The molecule has 0 saturated heterocycles. The van der Waals surface area contributed by atoms with Gasteiger partial charge < -0.3 is 5.32 Å². The van der Waals surface area contributed by atoms with Gasteiger partial charge in [0.2, 0.25) is 0 Å². The molecule has 2 rings (SSSR count). The van der Waals surface area contributed by atoms with Gasteiger partial charge in [-0.05, 0) is 59.6 Å². The number of halogens is 1. The van der Waals surface area contributed by atoms with Crippen LogP contribution < -0.4 is 5.32 Å². The highest BCUT2D eigenvalue weighted by Crippen LogP contribution is 2.23. The van der Waals surface area contributed by atoms with Crippen molar-refractivity contribution in [2.75, 3.05) is 11.6 Å². The lowest BCUT2D eigenvalue weighted by Gasteiger charge is -2.17. The fourth-order valence-corrected chi connectivity index (χ4v) is 3.03. The highest BCUT2D eigenvalue weighted by molar-refractivity contribution is 9.10. The lowest BCUT2D eigenvalue weighted by Crippen LogP contribution is -2.08. The molecule has 4 nitrogen and oxygen atoms in total. The molecular formula is C15H17BrN2O2S. The molecule has 0 aliphatic rings. The summed E-state index contributed by atoms with van der Waals surface area (Å²) in [5.74, 6) is 0. The zero-order valence-electron chi connectivity index (χ0n) is 12.1. The summed E-state index contributed by atoms with van der Waals surface area (Å²) in [4.78, 5) is 4.67. The Bertz CT molecular complexity index is 743. The number of nitrogens with one attached hydrogen (secondary N) is 1. The molecule has 6 heteroatoms. The summed E-state index contributed by atoms with van der Waals surface area (Å²) >= 11 is 3.34. The molecule has 0 saturated carbocycles. The summed E-state index contributed by atoms with van der Waals surface area (Å²) in [5, 5.41) is 3.38. The van der Waals surface area contributed by atoms with Crippen LogP contribution in [-0.4, -0.2) is 19.7 Å². The summed E-state index contributed by atoms with van der Waals surface area (Å²) in [6.45, 7) is 3.96. The van der Waals surface area contributed by atoms with Crippen LogP contribution in [0.25, 0.3) is 0 Å². The molecule has 1 unspecified atom stereocenters. The monoisotopic (exact) mass is 368 g/mol. The number of aromatic nitrogens is 1. The van der Waals surface area contributed by atoms with Crippen LogP contribution in [0.15, 0.2) is 45.9 Å². The molecule has 1 aromatic heterocycles. The predicted molar refractivity (Wildman–Crippen MR) is 88.3 cm³/mol. The van der Waals surface area contributed by atoms with Crippen LogP contribution in [0.4, 0.5) is 5.69 Å². The Balaban J connectivity index is 2.18. The van der Waals surface area contributed by atoms with Gasteiger partial charge in [-0.2, -0.15) is 0 Å². The number of aryl methyl sites for hydroxylation is 1. The fraction of sp³-hybridized carbons (Fsp3) is 0.267. The number of anilines is 1. The number of benzene rings is 1.